The van der Waals surface area contributed by atoms with E-state index in [0.717, 1.165) is 25.0 Å². The first kappa shape index (κ1) is 30.0. The molecule has 0 saturated heterocycles. The molecule has 1 aromatic carbocycles. The van der Waals surface area contributed by atoms with Crippen LogP contribution in [0.1, 0.15) is 69.2 Å². The van der Waals surface area contributed by atoms with E-state index >= 15 is 0 Å². The Labute approximate surface area is 220 Å². The molecule has 0 atom stereocenters. The summed E-state index contributed by atoms with van der Waals surface area (Å²) in [6.07, 6.45) is 4.37. The number of anilines is 1. The number of aromatic nitrogens is 3. The van der Waals surface area contributed by atoms with Crippen molar-refractivity contribution in [2.45, 2.75) is 48.5 Å². The summed E-state index contributed by atoms with van der Waals surface area (Å²) in [6, 6.07) is 5.42. The summed E-state index contributed by atoms with van der Waals surface area (Å²) in [6.45, 7) is 15.1. The first-order valence-corrected chi connectivity index (χ1v) is 14.6. The van der Waals surface area contributed by atoms with Crippen LogP contribution in [-0.4, -0.2) is 66.7 Å². The molecule has 3 aromatic rings. The first-order chi connectivity index (χ1) is 17.3. The fourth-order valence-corrected chi connectivity index (χ4v) is 4.19. The van der Waals surface area contributed by atoms with Crippen molar-refractivity contribution >= 4 is 38.4 Å². The number of nitrogens with zero attached hydrogens (tertiary/aromatic N) is 3. The van der Waals surface area contributed by atoms with Gasteiger partial charge in [0.1, 0.15) is 15.4 Å². The predicted molar refractivity (Wildman–Crippen MR) is 150 cm³/mol. The molecule has 1 amide bonds. The van der Waals surface area contributed by atoms with Crippen molar-refractivity contribution in [2.24, 2.45) is 5.41 Å². The molecule has 2 heterocycles. The Balaban J connectivity index is 0.00000235. The van der Waals surface area contributed by atoms with Gasteiger partial charge in [0.2, 0.25) is 0 Å². The van der Waals surface area contributed by atoms with Crippen molar-refractivity contribution in [1.82, 2.24) is 20.3 Å². The monoisotopic (exact) mass is 529 g/mol. The van der Waals surface area contributed by atoms with Crippen LogP contribution in [0.2, 0.25) is 0 Å². The molecule has 0 aliphatic carbocycles. The number of sulfone groups is 1. The second-order valence-electron chi connectivity index (χ2n) is 9.56. The van der Waals surface area contributed by atoms with Gasteiger partial charge in [-0.25, -0.2) is 18.4 Å². The maximum atomic E-state index is 12.9. The van der Waals surface area contributed by atoms with Crippen LogP contribution in [0.4, 0.5) is 5.69 Å². The summed E-state index contributed by atoms with van der Waals surface area (Å²) in [4.78, 5) is 40.1. The summed E-state index contributed by atoms with van der Waals surface area (Å²) in [5.41, 5.74) is 3.32. The average Bonchev–Trinajstić information content (AvgIpc) is 3.27. The van der Waals surface area contributed by atoms with Crippen molar-refractivity contribution in [3.63, 3.8) is 0 Å². The van der Waals surface area contributed by atoms with Crippen molar-refractivity contribution in [3.8, 4) is 11.3 Å². The molecule has 10 heteroatoms. The molecule has 9 nitrogen and oxygen atoms in total. The second kappa shape index (κ2) is 12.3. The molecule has 0 radical (unpaired) electrons. The lowest BCUT2D eigenvalue weighted by Crippen LogP contribution is -2.29. The molecule has 2 N–H and O–H groups in total. The van der Waals surface area contributed by atoms with Crippen LogP contribution in [-0.2, 0) is 9.84 Å². The number of Topliss-reactive ketones (excluding diaryl/α,β-unsaturated/α-hetero) is 1. The molecule has 0 spiro atoms. The number of ketones is 1. The van der Waals surface area contributed by atoms with Gasteiger partial charge in [0.15, 0.2) is 11.4 Å². The van der Waals surface area contributed by atoms with Crippen molar-refractivity contribution in [1.29, 1.82) is 0 Å². The summed E-state index contributed by atoms with van der Waals surface area (Å²) in [7, 11) is -3.19. The third-order valence-corrected chi connectivity index (χ3v) is 6.62. The standard InChI is InChI=1S/C25H33N5O4S.C2H6/c1-7-30(8-2)18-12-16(11-17(13-18)24(32)26-9-10-35(6,33)34)20-15-28-23-21(29-20)19(14-27-23)22(31)25(3,4)5;1-2/h11-15H,7-10H2,1-6H3,(H,26,32)(H,27,28);1-2H3. The Morgan fingerprint density at radius 2 is 1.73 bits per heavy atom. The van der Waals surface area contributed by atoms with Crippen LogP contribution in [0.15, 0.2) is 30.6 Å². The largest absolute Gasteiger partial charge is 0.372 e. The minimum absolute atomic E-state index is 0.0237. The van der Waals surface area contributed by atoms with Crippen LogP contribution in [0, 0.1) is 5.41 Å². The highest BCUT2D eigenvalue weighted by Crippen LogP contribution is 2.29. The molecule has 0 unspecified atom stereocenters. The van der Waals surface area contributed by atoms with E-state index in [0.29, 0.717) is 33.5 Å². The maximum absolute atomic E-state index is 12.9. The van der Waals surface area contributed by atoms with E-state index in [2.05, 4.69) is 20.2 Å². The first-order valence-electron chi connectivity index (χ1n) is 12.6. The van der Waals surface area contributed by atoms with Gasteiger partial charge in [-0.1, -0.05) is 34.6 Å². The molecule has 0 aliphatic heterocycles. The van der Waals surface area contributed by atoms with Crippen molar-refractivity contribution in [2.75, 3.05) is 36.5 Å². The number of H-pyrrole nitrogens is 1. The molecule has 0 aliphatic rings. The van der Waals surface area contributed by atoms with Gasteiger partial charge in [0, 0.05) is 54.3 Å². The lowest BCUT2D eigenvalue weighted by atomic mass is 9.87. The molecule has 0 bridgehead atoms. The van der Waals surface area contributed by atoms with Gasteiger partial charge in [-0.2, -0.15) is 0 Å². The maximum Gasteiger partial charge on any atom is 0.251 e. The van der Waals surface area contributed by atoms with E-state index in [-0.39, 0.29) is 24.0 Å². The van der Waals surface area contributed by atoms with Crippen LogP contribution in [0.25, 0.3) is 22.4 Å². The smallest absolute Gasteiger partial charge is 0.251 e. The average molecular weight is 530 g/mol. The number of carbonyl (C=O) groups excluding carboxylic acids is 2. The van der Waals surface area contributed by atoms with Gasteiger partial charge in [-0.15, -0.1) is 0 Å². The topological polar surface area (TPSA) is 125 Å². The molecule has 202 valence electrons. The molecular weight excluding hydrogens is 490 g/mol. The highest BCUT2D eigenvalue weighted by Gasteiger charge is 2.26. The van der Waals surface area contributed by atoms with Gasteiger partial charge < -0.3 is 15.2 Å². The van der Waals surface area contributed by atoms with E-state index in [9.17, 15) is 18.0 Å². The Morgan fingerprint density at radius 3 is 2.30 bits per heavy atom. The fraction of sp³-hybridized carbons (Fsp3) is 0.481. The summed E-state index contributed by atoms with van der Waals surface area (Å²) in [5, 5.41) is 2.68. The van der Waals surface area contributed by atoms with Gasteiger partial charge in [-0.3, -0.25) is 9.59 Å². The molecule has 3 rings (SSSR count). The Morgan fingerprint density at radius 1 is 1.08 bits per heavy atom. The van der Waals surface area contributed by atoms with E-state index in [1.807, 2.05) is 54.5 Å². The quantitative estimate of drug-likeness (QED) is 0.391. The van der Waals surface area contributed by atoms with E-state index in [4.69, 9.17) is 4.98 Å². The minimum atomic E-state index is -3.19. The number of hydrogen-bond donors (Lipinski definition) is 2. The Bertz CT molecular complexity index is 1350. The van der Waals surface area contributed by atoms with E-state index in [1.54, 1.807) is 24.5 Å². The summed E-state index contributed by atoms with van der Waals surface area (Å²) in [5.74, 6) is -0.553. The van der Waals surface area contributed by atoms with E-state index < -0.39 is 15.3 Å². The molecule has 2 aromatic heterocycles. The zero-order valence-electron chi connectivity index (χ0n) is 23.1. The van der Waals surface area contributed by atoms with Gasteiger partial charge in [0.05, 0.1) is 23.2 Å². The van der Waals surface area contributed by atoms with Gasteiger partial charge in [-0.05, 0) is 32.0 Å². The summed E-state index contributed by atoms with van der Waals surface area (Å²) >= 11 is 0. The Hall–Kier alpha value is -3.27. The number of fused-ring (bicyclic) bond motifs is 1. The number of aromatic amines is 1. The lowest BCUT2D eigenvalue weighted by Gasteiger charge is -2.22. The van der Waals surface area contributed by atoms with E-state index in [1.165, 1.54) is 0 Å². The number of carbonyl (C=O) groups is 2. The van der Waals surface area contributed by atoms with Crippen LogP contribution < -0.4 is 10.2 Å². The molecule has 37 heavy (non-hydrogen) atoms. The number of benzene rings is 1. The van der Waals surface area contributed by atoms with Crippen LogP contribution in [0.5, 0.6) is 0 Å². The van der Waals surface area contributed by atoms with Gasteiger partial charge >= 0.3 is 0 Å². The second-order valence-corrected chi connectivity index (χ2v) is 11.8. The fourth-order valence-electron chi connectivity index (χ4n) is 3.72. The number of nitrogens with one attached hydrogen (secondary N) is 2. The molecule has 0 fully saturated rings. The lowest BCUT2D eigenvalue weighted by molar-refractivity contribution is 0.0859. The normalized spacial score (nSPS) is 11.6. The highest BCUT2D eigenvalue weighted by molar-refractivity contribution is 7.90. The third-order valence-electron chi connectivity index (χ3n) is 5.67. The highest BCUT2D eigenvalue weighted by atomic mass is 32.2. The Kier molecular flexibility index (Phi) is 9.97. The molecule has 0 saturated carbocycles. The third kappa shape index (κ3) is 7.61. The molecular formula is C27H39N5O4S. The number of hydrogen-bond acceptors (Lipinski definition) is 7. The van der Waals surface area contributed by atoms with Crippen LogP contribution in [0.3, 0.4) is 0 Å². The van der Waals surface area contributed by atoms with Crippen LogP contribution >= 0.6 is 0 Å². The summed E-state index contributed by atoms with van der Waals surface area (Å²) < 4.78 is 22.9. The number of amides is 1. The SMILES string of the molecule is CC.CCN(CC)c1cc(C(=O)NCCS(C)(=O)=O)cc(-c2cnc3[nH]cc(C(=O)C(C)(C)C)c3n2)c1. The zero-order chi connectivity index (χ0) is 28.0. The minimum Gasteiger partial charge on any atom is -0.372 e. The van der Waals surface area contributed by atoms with Crippen molar-refractivity contribution < 1.29 is 18.0 Å². The van der Waals surface area contributed by atoms with Crippen molar-refractivity contribution in [3.05, 3.63) is 41.7 Å². The van der Waals surface area contributed by atoms with Gasteiger partial charge in [0.25, 0.3) is 5.91 Å². The predicted octanol–water partition coefficient (Wildman–Crippen LogP) is 4.50. The zero-order valence-corrected chi connectivity index (χ0v) is 23.9. The number of rotatable bonds is 9.